The summed E-state index contributed by atoms with van der Waals surface area (Å²) in [6.45, 7) is 8.00. The summed E-state index contributed by atoms with van der Waals surface area (Å²) < 4.78 is 4.88. The molecule has 0 N–H and O–H groups in total. The molecule has 0 spiro atoms. The molecule has 0 bridgehead atoms. The van der Waals surface area contributed by atoms with Gasteiger partial charge < -0.3 is 4.90 Å². The van der Waals surface area contributed by atoms with Gasteiger partial charge in [-0.3, -0.25) is 14.2 Å². The summed E-state index contributed by atoms with van der Waals surface area (Å²) in [6, 6.07) is 9.70. The van der Waals surface area contributed by atoms with Crippen LogP contribution in [0.3, 0.4) is 0 Å². The van der Waals surface area contributed by atoms with Gasteiger partial charge >= 0.3 is 0 Å². The maximum absolute atomic E-state index is 12.9. The second-order valence-electron chi connectivity index (χ2n) is 6.64. The highest BCUT2D eigenvalue weighted by atomic mass is 79.9. The zero-order valence-corrected chi connectivity index (χ0v) is 17.7. The summed E-state index contributed by atoms with van der Waals surface area (Å²) in [5.41, 5.74) is 4.79. The van der Waals surface area contributed by atoms with E-state index in [1.54, 1.807) is 11.1 Å². The number of hydrogen-bond donors (Lipinski definition) is 0. The molecule has 3 rings (SSSR count). The average Bonchev–Trinajstić information content (AvgIpc) is 3.21. The van der Waals surface area contributed by atoms with Crippen molar-refractivity contribution < 1.29 is 4.79 Å². The molecule has 2 aromatic heterocycles. The molecule has 142 valence electrons. The SMILES string of the molecule is CCn1nccc1CN(C)C(=O)c1cccc(Cn2nc(C)c(Br)c2C)c1. The minimum Gasteiger partial charge on any atom is -0.336 e. The fraction of sp³-hybridized carbons (Fsp3) is 0.350. The number of nitrogens with zero attached hydrogens (tertiary/aromatic N) is 5. The van der Waals surface area contributed by atoms with Crippen molar-refractivity contribution in [3.05, 3.63) is 69.2 Å². The Morgan fingerprint density at radius 2 is 2.00 bits per heavy atom. The Morgan fingerprint density at radius 1 is 1.22 bits per heavy atom. The maximum atomic E-state index is 12.9. The summed E-state index contributed by atoms with van der Waals surface area (Å²) in [5.74, 6) is -0.00440. The first kappa shape index (κ1) is 19.4. The van der Waals surface area contributed by atoms with Crippen LogP contribution in [0.4, 0.5) is 0 Å². The van der Waals surface area contributed by atoms with E-state index in [-0.39, 0.29) is 5.91 Å². The number of carbonyl (C=O) groups excluding carboxylic acids is 1. The molecule has 0 radical (unpaired) electrons. The summed E-state index contributed by atoms with van der Waals surface area (Å²) in [4.78, 5) is 14.6. The molecule has 0 saturated heterocycles. The number of rotatable bonds is 6. The van der Waals surface area contributed by atoms with Gasteiger partial charge in [-0.15, -0.1) is 0 Å². The molecule has 3 aromatic rings. The van der Waals surface area contributed by atoms with E-state index in [0.717, 1.165) is 33.7 Å². The van der Waals surface area contributed by atoms with Gasteiger partial charge in [0.25, 0.3) is 5.91 Å². The molecule has 2 heterocycles. The number of amides is 1. The molecule has 0 unspecified atom stereocenters. The van der Waals surface area contributed by atoms with E-state index in [1.807, 2.05) is 67.5 Å². The average molecular weight is 430 g/mol. The minimum absolute atomic E-state index is 0.00440. The fourth-order valence-electron chi connectivity index (χ4n) is 3.12. The van der Waals surface area contributed by atoms with Crippen LogP contribution in [-0.2, 0) is 19.6 Å². The molecule has 1 amide bonds. The maximum Gasteiger partial charge on any atom is 0.253 e. The quantitative estimate of drug-likeness (QED) is 0.598. The van der Waals surface area contributed by atoms with E-state index in [1.165, 1.54) is 0 Å². The number of hydrogen-bond acceptors (Lipinski definition) is 3. The van der Waals surface area contributed by atoms with Crippen molar-refractivity contribution in [2.75, 3.05) is 7.05 Å². The van der Waals surface area contributed by atoms with Crippen molar-refractivity contribution in [3.8, 4) is 0 Å². The van der Waals surface area contributed by atoms with E-state index in [0.29, 0.717) is 18.7 Å². The van der Waals surface area contributed by atoms with Crippen LogP contribution in [0.25, 0.3) is 0 Å². The van der Waals surface area contributed by atoms with E-state index in [2.05, 4.69) is 26.1 Å². The molecule has 0 aliphatic heterocycles. The van der Waals surface area contributed by atoms with Crippen LogP contribution < -0.4 is 0 Å². The van der Waals surface area contributed by atoms with Gasteiger partial charge in [-0.25, -0.2) is 0 Å². The molecule has 6 nitrogen and oxygen atoms in total. The Morgan fingerprint density at radius 3 is 2.67 bits per heavy atom. The van der Waals surface area contributed by atoms with Crippen molar-refractivity contribution in [1.29, 1.82) is 0 Å². The van der Waals surface area contributed by atoms with Crippen LogP contribution in [0.5, 0.6) is 0 Å². The molecule has 1 aromatic carbocycles. The van der Waals surface area contributed by atoms with Crippen molar-refractivity contribution in [1.82, 2.24) is 24.5 Å². The standard InChI is InChI=1S/C20H24BrN5O/c1-5-25-18(9-10-22-25)13-24(4)20(27)17-8-6-7-16(11-17)12-26-15(3)19(21)14(2)23-26/h6-11H,5,12-13H2,1-4H3. The first-order chi connectivity index (χ1) is 12.9. The predicted octanol–water partition coefficient (Wildman–Crippen LogP) is 3.80. The van der Waals surface area contributed by atoms with Crippen LogP contribution >= 0.6 is 15.9 Å². The Balaban J connectivity index is 1.76. The van der Waals surface area contributed by atoms with E-state index >= 15 is 0 Å². The highest BCUT2D eigenvalue weighted by Gasteiger charge is 2.15. The normalized spacial score (nSPS) is 11.0. The third-order valence-electron chi connectivity index (χ3n) is 4.65. The molecule has 27 heavy (non-hydrogen) atoms. The molecule has 0 fully saturated rings. The second-order valence-corrected chi connectivity index (χ2v) is 7.44. The fourth-order valence-corrected chi connectivity index (χ4v) is 3.40. The van der Waals surface area contributed by atoms with Crippen molar-refractivity contribution in [2.45, 2.75) is 40.4 Å². The number of aryl methyl sites for hydroxylation is 2. The third-order valence-corrected chi connectivity index (χ3v) is 5.80. The lowest BCUT2D eigenvalue weighted by Crippen LogP contribution is -2.27. The molecule has 0 aliphatic rings. The first-order valence-electron chi connectivity index (χ1n) is 8.95. The Labute approximate surface area is 167 Å². The van der Waals surface area contributed by atoms with Gasteiger partial charge in [0, 0.05) is 25.4 Å². The number of benzene rings is 1. The summed E-state index contributed by atoms with van der Waals surface area (Å²) >= 11 is 3.56. The Kier molecular flexibility index (Phi) is 5.79. The Hall–Kier alpha value is -2.41. The van der Waals surface area contributed by atoms with Crippen molar-refractivity contribution >= 4 is 21.8 Å². The number of aromatic nitrogens is 4. The third kappa shape index (κ3) is 4.13. The molecular formula is C20H24BrN5O. The molecular weight excluding hydrogens is 406 g/mol. The van der Waals surface area contributed by atoms with Gasteiger partial charge in [0.1, 0.15) is 0 Å². The minimum atomic E-state index is -0.00440. The van der Waals surface area contributed by atoms with Crippen LogP contribution in [0.15, 0.2) is 41.0 Å². The van der Waals surface area contributed by atoms with Gasteiger partial charge in [0.15, 0.2) is 0 Å². The number of halogens is 1. The van der Waals surface area contributed by atoms with Gasteiger partial charge in [-0.1, -0.05) is 12.1 Å². The van der Waals surface area contributed by atoms with E-state index in [4.69, 9.17) is 0 Å². The van der Waals surface area contributed by atoms with Crippen molar-refractivity contribution in [3.63, 3.8) is 0 Å². The lowest BCUT2D eigenvalue weighted by atomic mass is 10.1. The van der Waals surface area contributed by atoms with Gasteiger partial charge in [-0.2, -0.15) is 10.2 Å². The number of carbonyl (C=O) groups is 1. The van der Waals surface area contributed by atoms with Gasteiger partial charge in [0.05, 0.1) is 34.6 Å². The van der Waals surface area contributed by atoms with Crippen molar-refractivity contribution in [2.24, 2.45) is 0 Å². The summed E-state index contributed by atoms with van der Waals surface area (Å²) in [6.07, 6.45) is 1.77. The smallest absolute Gasteiger partial charge is 0.253 e. The van der Waals surface area contributed by atoms with Crippen LogP contribution in [0.2, 0.25) is 0 Å². The monoisotopic (exact) mass is 429 g/mol. The molecule has 0 saturated carbocycles. The van der Waals surface area contributed by atoms with Crippen LogP contribution in [0, 0.1) is 13.8 Å². The highest BCUT2D eigenvalue weighted by molar-refractivity contribution is 9.10. The summed E-state index contributed by atoms with van der Waals surface area (Å²) in [5, 5.41) is 8.81. The van der Waals surface area contributed by atoms with Gasteiger partial charge in [-0.05, 0) is 60.5 Å². The lowest BCUT2D eigenvalue weighted by Gasteiger charge is -2.18. The zero-order valence-electron chi connectivity index (χ0n) is 16.1. The lowest BCUT2D eigenvalue weighted by molar-refractivity contribution is 0.0781. The van der Waals surface area contributed by atoms with E-state index in [9.17, 15) is 4.79 Å². The molecule has 0 aliphatic carbocycles. The summed E-state index contributed by atoms with van der Waals surface area (Å²) in [7, 11) is 1.82. The molecule has 7 heteroatoms. The topological polar surface area (TPSA) is 56.0 Å². The van der Waals surface area contributed by atoms with Crippen LogP contribution in [0.1, 0.15) is 39.9 Å². The zero-order chi connectivity index (χ0) is 19.6. The largest absolute Gasteiger partial charge is 0.336 e. The van der Waals surface area contributed by atoms with Gasteiger partial charge in [0.2, 0.25) is 0 Å². The first-order valence-corrected chi connectivity index (χ1v) is 9.74. The highest BCUT2D eigenvalue weighted by Crippen LogP contribution is 2.21. The second kappa shape index (κ2) is 8.08. The predicted molar refractivity (Wildman–Crippen MR) is 109 cm³/mol. The van der Waals surface area contributed by atoms with Crippen LogP contribution in [-0.4, -0.2) is 37.4 Å². The van der Waals surface area contributed by atoms with E-state index < -0.39 is 0 Å². The Bertz CT molecular complexity index is 959. The molecule has 0 atom stereocenters.